The minimum atomic E-state index is -3.86. The first-order valence-electron chi connectivity index (χ1n) is 8.24. The molecule has 0 fully saturated rings. The molecule has 2 aromatic carbocycles. The van der Waals surface area contributed by atoms with Gasteiger partial charge in [-0.25, -0.2) is 22.7 Å². The highest BCUT2D eigenvalue weighted by atomic mass is 32.2. The highest BCUT2D eigenvalue weighted by Gasteiger charge is 2.14. The van der Waals surface area contributed by atoms with E-state index in [1.54, 1.807) is 18.2 Å². The van der Waals surface area contributed by atoms with E-state index in [1.165, 1.54) is 18.2 Å². The SMILES string of the molecule is CCc1ccc(NC(=O)NCCCc2cccc(F)c2)cc1S(N)(=O)=O. The van der Waals surface area contributed by atoms with E-state index in [4.69, 9.17) is 5.14 Å². The molecule has 8 heteroatoms. The number of urea groups is 1. The predicted octanol–water partition coefficient (Wildman–Crippen LogP) is 2.79. The molecule has 0 bridgehead atoms. The molecule has 4 N–H and O–H groups in total. The molecular weight excluding hydrogens is 357 g/mol. The van der Waals surface area contributed by atoms with Gasteiger partial charge in [0.05, 0.1) is 4.90 Å². The second-order valence-electron chi connectivity index (χ2n) is 5.84. The highest BCUT2D eigenvalue weighted by molar-refractivity contribution is 7.89. The Morgan fingerprint density at radius 3 is 2.62 bits per heavy atom. The highest BCUT2D eigenvalue weighted by Crippen LogP contribution is 2.20. The minimum Gasteiger partial charge on any atom is -0.338 e. The van der Waals surface area contributed by atoms with Crippen LogP contribution in [0.2, 0.25) is 0 Å². The Morgan fingerprint density at radius 2 is 1.96 bits per heavy atom. The summed E-state index contributed by atoms with van der Waals surface area (Å²) in [5.74, 6) is -0.283. The molecular formula is C18H22FN3O3S. The number of primary sulfonamides is 1. The zero-order valence-corrected chi connectivity index (χ0v) is 15.3. The molecule has 0 saturated carbocycles. The Kier molecular flexibility index (Phi) is 6.70. The van der Waals surface area contributed by atoms with Crippen LogP contribution in [-0.2, 0) is 22.9 Å². The van der Waals surface area contributed by atoms with Crippen molar-refractivity contribution in [1.82, 2.24) is 5.32 Å². The lowest BCUT2D eigenvalue weighted by molar-refractivity contribution is 0.252. The van der Waals surface area contributed by atoms with E-state index in [-0.39, 0.29) is 10.7 Å². The van der Waals surface area contributed by atoms with Crippen molar-refractivity contribution in [3.05, 3.63) is 59.4 Å². The Labute approximate surface area is 152 Å². The molecule has 0 aliphatic carbocycles. The fourth-order valence-corrected chi connectivity index (χ4v) is 3.42. The molecule has 0 aromatic heterocycles. The van der Waals surface area contributed by atoms with Crippen LogP contribution in [-0.4, -0.2) is 21.0 Å². The summed E-state index contributed by atoms with van der Waals surface area (Å²) >= 11 is 0. The molecule has 140 valence electrons. The van der Waals surface area contributed by atoms with Crippen molar-refractivity contribution in [1.29, 1.82) is 0 Å². The first-order chi connectivity index (χ1) is 12.3. The Morgan fingerprint density at radius 1 is 1.19 bits per heavy atom. The van der Waals surface area contributed by atoms with Crippen LogP contribution in [0.1, 0.15) is 24.5 Å². The molecule has 2 amide bonds. The van der Waals surface area contributed by atoms with Crippen LogP contribution in [0.4, 0.5) is 14.9 Å². The number of sulfonamides is 1. The zero-order chi connectivity index (χ0) is 19.2. The average molecular weight is 379 g/mol. The van der Waals surface area contributed by atoms with Crippen molar-refractivity contribution in [3.63, 3.8) is 0 Å². The van der Waals surface area contributed by atoms with Crippen molar-refractivity contribution >= 4 is 21.7 Å². The van der Waals surface area contributed by atoms with Gasteiger partial charge in [0.1, 0.15) is 5.82 Å². The maximum absolute atomic E-state index is 13.1. The molecule has 2 aromatic rings. The fourth-order valence-electron chi connectivity index (χ4n) is 2.55. The molecule has 26 heavy (non-hydrogen) atoms. The van der Waals surface area contributed by atoms with Gasteiger partial charge in [-0.05, 0) is 54.7 Å². The van der Waals surface area contributed by atoms with Gasteiger partial charge in [-0.15, -0.1) is 0 Å². The number of halogens is 1. The maximum Gasteiger partial charge on any atom is 0.319 e. The van der Waals surface area contributed by atoms with E-state index < -0.39 is 16.1 Å². The topological polar surface area (TPSA) is 101 Å². The normalized spacial score (nSPS) is 11.2. The first kappa shape index (κ1) is 19.9. The van der Waals surface area contributed by atoms with Crippen LogP contribution in [0.3, 0.4) is 0 Å². The molecule has 0 spiro atoms. The van der Waals surface area contributed by atoms with Crippen LogP contribution in [0.15, 0.2) is 47.4 Å². The number of hydrogen-bond donors (Lipinski definition) is 3. The summed E-state index contributed by atoms with van der Waals surface area (Å²) in [5, 5.41) is 10.5. The second kappa shape index (κ2) is 8.77. The number of hydrogen-bond acceptors (Lipinski definition) is 3. The van der Waals surface area contributed by atoms with Crippen molar-refractivity contribution in [2.45, 2.75) is 31.1 Å². The quantitative estimate of drug-likeness (QED) is 0.645. The summed E-state index contributed by atoms with van der Waals surface area (Å²) in [7, 11) is -3.86. The number of carbonyl (C=O) groups is 1. The van der Waals surface area contributed by atoms with E-state index in [0.29, 0.717) is 37.1 Å². The fraction of sp³-hybridized carbons (Fsp3) is 0.278. The number of rotatable bonds is 7. The molecule has 0 unspecified atom stereocenters. The summed E-state index contributed by atoms with van der Waals surface area (Å²) < 4.78 is 36.4. The van der Waals surface area contributed by atoms with Crippen LogP contribution in [0.5, 0.6) is 0 Å². The zero-order valence-electron chi connectivity index (χ0n) is 14.5. The molecule has 0 aliphatic heterocycles. The van der Waals surface area contributed by atoms with Gasteiger partial charge in [-0.3, -0.25) is 0 Å². The van der Waals surface area contributed by atoms with E-state index >= 15 is 0 Å². The smallest absolute Gasteiger partial charge is 0.319 e. The van der Waals surface area contributed by atoms with Crippen molar-refractivity contribution in [2.75, 3.05) is 11.9 Å². The number of nitrogens with one attached hydrogen (secondary N) is 2. The predicted molar refractivity (Wildman–Crippen MR) is 98.9 cm³/mol. The number of aryl methyl sites for hydroxylation is 2. The number of nitrogens with two attached hydrogens (primary N) is 1. The van der Waals surface area contributed by atoms with Gasteiger partial charge in [-0.2, -0.15) is 0 Å². The Bertz CT molecular complexity index is 885. The monoisotopic (exact) mass is 379 g/mol. The first-order valence-corrected chi connectivity index (χ1v) is 9.79. The van der Waals surface area contributed by atoms with Crippen molar-refractivity contribution in [2.24, 2.45) is 5.14 Å². The van der Waals surface area contributed by atoms with Gasteiger partial charge in [0.2, 0.25) is 10.0 Å². The number of benzene rings is 2. The summed E-state index contributed by atoms with van der Waals surface area (Å²) in [6, 6.07) is 10.5. The summed E-state index contributed by atoms with van der Waals surface area (Å²) in [6.45, 7) is 2.22. The summed E-state index contributed by atoms with van der Waals surface area (Å²) in [5.41, 5.74) is 1.79. The van der Waals surface area contributed by atoms with Gasteiger partial charge >= 0.3 is 6.03 Å². The van der Waals surface area contributed by atoms with Crippen molar-refractivity contribution < 1.29 is 17.6 Å². The lowest BCUT2D eigenvalue weighted by Crippen LogP contribution is -2.30. The third-order valence-corrected chi connectivity index (χ3v) is 4.82. The van der Waals surface area contributed by atoms with E-state index in [2.05, 4.69) is 10.6 Å². The lowest BCUT2D eigenvalue weighted by Gasteiger charge is -2.11. The molecule has 2 rings (SSSR count). The summed E-state index contributed by atoms with van der Waals surface area (Å²) in [4.78, 5) is 11.9. The van der Waals surface area contributed by atoms with Gasteiger partial charge in [0, 0.05) is 12.2 Å². The minimum absolute atomic E-state index is 0.00362. The third-order valence-electron chi connectivity index (χ3n) is 3.83. The van der Waals surface area contributed by atoms with E-state index in [9.17, 15) is 17.6 Å². The number of anilines is 1. The van der Waals surface area contributed by atoms with Crippen LogP contribution < -0.4 is 15.8 Å². The largest absolute Gasteiger partial charge is 0.338 e. The van der Waals surface area contributed by atoms with Gasteiger partial charge < -0.3 is 10.6 Å². The second-order valence-corrected chi connectivity index (χ2v) is 7.37. The van der Waals surface area contributed by atoms with Gasteiger partial charge in [0.15, 0.2) is 0 Å². The third kappa shape index (κ3) is 5.82. The average Bonchev–Trinajstić information content (AvgIpc) is 2.58. The van der Waals surface area contributed by atoms with Crippen LogP contribution in [0, 0.1) is 5.82 Å². The molecule has 6 nitrogen and oxygen atoms in total. The van der Waals surface area contributed by atoms with Crippen molar-refractivity contribution in [3.8, 4) is 0 Å². The molecule has 0 saturated heterocycles. The maximum atomic E-state index is 13.1. The Balaban J connectivity index is 1.88. The molecule has 0 atom stereocenters. The summed E-state index contributed by atoms with van der Waals surface area (Å²) in [6.07, 6.45) is 1.80. The van der Waals surface area contributed by atoms with Gasteiger partial charge in [-0.1, -0.05) is 25.1 Å². The van der Waals surface area contributed by atoms with Gasteiger partial charge in [0.25, 0.3) is 0 Å². The van der Waals surface area contributed by atoms with Crippen LogP contribution >= 0.6 is 0 Å². The van der Waals surface area contributed by atoms with Crippen LogP contribution in [0.25, 0.3) is 0 Å². The van der Waals surface area contributed by atoms with E-state index in [0.717, 1.165) is 5.56 Å². The standard InChI is InChI=1S/C18H22FN3O3S/c1-2-14-8-9-16(12-17(14)26(20,24)25)22-18(23)21-10-4-6-13-5-3-7-15(19)11-13/h3,5,7-9,11-12H,2,4,6,10H2,1H3,(H2,20,24,25)(H2,21,22,23). The lowest BCUT2D eigenvalue weighted by atomic mass is 10.1. The molecule has 0 heterocycles. The molecule has 0 aliphatic rings. The number of amides is 2. The van der Waals surface area contributed by atoms with E-state index in [1.807, 2.05) is 13.0 Å². The molecule has 0 radical (unpaired) electrons. The number of carbonyl (C=O) groups excluding carboxylic acids is 1. The Hall–Kier alpha value is -2.45.